The molecule has 3 aromatic carbocycles. The molecule has 3 rings (SSSR count). The molecule has 0 bridgehead atoms. The van der Waals surface area contributed by atoms with E-state index in [1.807, 2.05) is 0 Å². The van der Waals surface area contributed by atoms with Gasteiger partial charge in [-0.15, -0.1) is 0 Å². The van der Waals surface area contributed by atoms with Gasteiger partial charge in [0.25, 0.3) is 0 Å². The fraction of sp³-hybridized carbons (Fsp3) is 0.130. The highest BCUT2D eigenvalue weighted by Gasteiger charge is 2.25. The molecule has 0 aliphatic rings. The van der Waals surface area contributed by atoms with Crippen LogP contribution in [0.1, 0.15) is 27.0 Å². The smallest absolute Gasteiger partial charge is 0.335 e. The summed E-state index contributed by atoms with van der Waals surface area (Å²) in [6, 6.07) is 20.9. The Bertz CT molecular complexity index is 1210. The largest absolute Gasteiger partial charge is 0.497 e. The van der Waals surface area contributed by atoms with Crippen LogP contribution in [0.4, 0.5) is 0 Å². The third kappa shape index (κ3) is 5.28. The molecule has 0 aliphatic heterocycles. The monoisotopic (exact) mass is 436 g/mol. The van der Waals surface area contributed by atoms with Crippen LogP contribution in [0, 0.1) is 11.3 Å². The Kier molecular flexibility index (Phi) is 6.70. The molecular formula is C23H20N2O5S. The lowest BCUT2D eigenvalue weighted by atomic mass is 10.1. The van der Waals surface area contributed by atoms with E-state index in [1.54, 1.807) is 55.6 Å². The number of ether oxygens (including phenoxy) is 1. The van der Waals surface area contributed by atoms with E-state index < -0.39 is 16.0 Å². The first-order valence-corrected chi connectivity index (χ1v) is 10.7. The molecule has 31 heavy (non-hydrogen) atoms. The molecule has 0 spiro atoms. The van der Waals surface area contributed by atoms with Crippen LogP contribution in [0.2, 0.25) is 0 Å². The lowest BCUT2D eigenvalue weighted by Crippen LogP contribution is -2.30. The Morgan fingerprint density at radius 1 is 1.00 bits per heavy atom. The average molecular weight is 436 g/mol. The number of methoxy groups -OCH3 is 1. The fourth-order valence-corrected chi connectivity index (χ4v) is 4.44. The van der Waals surface area contributed by atoms with E-state index in [4.69, 9.17) is 15.1 Å². The number of hydrogen-bond donors (Lipinski definition) is 1. The zero-order valence-corrected chi connectivity index (χ0v) is 17.5. The molecule has 0 fully saturated rings. The van der Waals surface area contributed by atoms with Gasteiger partial charge in [-0.25, -0.2) is 13.2 Å². The van der Waals surface area contributed by atoms with E-state index in [0.717, 1.165) is 5.56 Å². The highest BCUT2D eigenvalue weighted by molar-refractivity contribution is 7.89. The van der Waals surface area contributed by atoms with Crippen molar-refractivity contribution in [3.8, 4) is 11.8 Å². The SMILES string of the molecule is COc1ccc(CN(Cc2cccc(C#N)c2)S(=O)(=O)c2ccc(C(=O)O)cc2)cc1. The summed E-state index contributed by atoms with van der Waals surface area (Å²) in [6.07, 6.45) is 0. The van der Waals surface area contributed by atoms with Crippen molar-refractivity contribution >= 4 is 16.0 Å². The topological polar surface area (TPSA) is 108 Å². The van der Waals surface area contributed by atoms with Crippen LogP contribution in [0.25, 0.3) is 0 Å². The number of carboxylic acid groups (broad SMARTS) is 1. The molecule has 0 radical (unpaired) electrons. The number of nitrogens with zero attached hydrogens (tertiary/aromatic N) is 2. The first-order valence-electron chi connectivity index (χ1n) is 9.29. The number of sulfonamides is 1. The maximum absolute atomic E-state index is 13.4. The van der Waals surface area contributed by atoms with Crippen LogP contribution in [-0.4, -0.2) is 30.9 Å². The van der Waals surface area contributed by atoms with Gasteiger partial charge < -0.3 is 9.84 Å². The minimum Gasteiger partial charge on any atom is -0.497 e. The van der Waals surface area contributed by atoms with Crippen molar-refractivity contribution in [2.75, 3.05) is 7.11 Å². The van der Waals surface area contributed by atoms with E-state index in [0.29, 0.717) is 16.9 Å². The number of aromatic carboxylic acids is 1. The van der Waals surface area contributed by atoms with Gasteiger partial charge in [0.1, 0.15) is 5.75 Å². The standard InChI is InChI=1S/C23H20N2O5S/c1-30-21-9-5-17(6-10-21)15-25(16-19-4-2-3-18(13-19)14-24)31(28,29)22-11-7-20(8-12-22)23(26)27/h2-13H,15-16H2,1H3,(H,26,27). The van der Waals surface area contributed by atoms with Crippen LogP contribution in [0.15, 0.2) is 77.7 Å². The average Bonchev–Trinajstić information content (AvgIpc) is 2.79. The van der Waals surface area contributed by atoms with Gasteiger partial charge in [-0.3, -0.25) is 0 Å². The highest BCUT2D eigenvalue weighted by atomic mass is 32.2. The van der Waals surface area contributed by atoms with Gasteiger partial charge >= 0.3 is 5.97 Å². The van der Waals surface area contributed by atoms with Gasteiger partial charge in [0.2, 0.25) is 10.0 Å². The van der Waals surface area contributed by atoms with Gasteiger partial charge in [0, 0.05) is 13.1 Å². The fourth-order valence-electron chi connectivity index (χ4n) is 3.02. The second-order valence-corrected chi connectivity index (χ2v) is 8.70. The third-order valence-electron chi connectivity index (χ3n) is 4.67. The summed E-state index contributed by atoms with van der Waals surface area (Å²) in [4.78, 5) is 11.1. The van der Waals surface area contributed by atoms with Crippen LogP contribution < -0.4 is 4.74 Å². The molecule has 0 heterocycles. The van der Waals surface area contributed by atoms with E-state index in [1.165, 1.54) is 28.6 Å². The van der Waals surface area contributed by atoms with E-state index >= 15 is 0 Å². The summed E-state index contributed by atoms with van der Waals surface area (Å²) in [6.45, 7) is 0.133. The molecule has 0 amide bonds. The van der Waals surface area contributed by atoms with Crippen molar-refractivity contribution in [3.05, 3.63) is 95.1 Å². The molecule has 0 saturated carbocycles. The van der Waals surface area contributed by atoms with Gasteiger partial charge in [-0.1, -0.05) is 24.3 Å². The van der Waals surface area contributed by atoms with E-state index in [9.17, 15) is 13.2 Å². The number of carboxylic acids is 1. The van der Waals surface area contributed by atoms with Gasteiger partial charge in [-0.2, -0.15) is 9.57 Å². The van der Waals surface area contributed by atoms with Crippen LogP contribution in [0.5, 0.6) is 5.75 Å². The summed E-state index contributed by atoms with van der Waals surface area (Å²) in [7, 11) is -2.40. The van der Waals surface area contributed by atoms with E-state index in [2.05, 4.69) is 6.07 Å². The zero-order chi connectivity index (χ0) is 22.4. The second kappa shape index (κ2) is 9.43. The molecule has 7 nitrogen and oxygen atoms in total. The number of nitriles is 1. The minimum atomic E-state index is -3.95. The molecule has 0 atom stereocenters. The third-order valence-corrected chi connectivity index (χ3v) is 6.48. The Hall–Kier alpha value is -3.67. The number of rotatable bonds is 8. The van der Waals surface area contributed by atoms with Crippen molar-refractivity contribution in [2.45, 2.75) is 18.0 Å². The predicted molar refractivity (Wildman–Crippen MR) is 114 cm³/mol. The molecule has 3 aromatic rings. The van der Waals surface area contributed by atoms with Gasteiger partial charge in [-0.05, 0) is 59.7 Å². The lowest BCUT2D eigenvalue weighted by molar-refractivity contribution is 0.0696. The molecule has 0 aromatic heterocycles. The molecule has 0 unspecified atom stereocenters. The maximum atomic E-state index is 13.4. The Morgan fingerprint density at radius 2 is 1.65 bits per heavy atom. The summed E-state index contributed by atoms with van der Waals surface area (Å²) < 4.78 is 33.2. The summed E-state index contributed by atoms with van der Waals surface area (Å²) in [5, 5.41) is 18.2. The molecule has 158 valence electrons. The normalized spacial score (nSPS) is 11.1. The Balaban J connectivity index is 1.98. The molecular weight excluding hydrogens is 416 g/mol. The van der Waals surface area contributed by atoms with Crippen LogP contribution >= 0.6 is 0 Å². The van der Waals surface area contributed by atoms with Gasteiger partial charge in [0.05, 0.1) is 29.2 Å². The van der Waals surface area contributed by atoms with E-state index in [-0.39, 0.29) is 23.5 Å². The second-order valence-electron chi connectivity index (χ2n) is 6.76. The number of hydrogen-bond acceptors (Lipinski definition) is 5. The van der Waals surface area contributed by atoms with Gasteiger partial charge in [0.15, 0.2) is 0 Å². The van der Waals surface area contributed by atoms with Crippen molar-refractivity contribution in [3.63, 3.8) is 0 Å². The first kappa shape index (κ1) is 22.0. The maximum Gasteiger partial charge on any atom is 0.335 e. The molecule has 0 aliphatic carbocycles. The molecule has 0 saturated heterocycles. The van der Waals surface area contributed by atoms with Crippen molar-refractivity contribution in [2.24, 2.45) is 0 Å². The minimum absolute atomic E-state index is 0.00220. The van der Waals surface area contributed by atoms with Crippen LogP contribution in [-0.2, 0) is 23.1 Å². The van der Waals surface area contributed by atoms with Crippen molar-refractivity contribution in [1.29, 1.82) is 5.26 Å². The Morgan fingerprint density at radius 3 is 2.23 bits per heavy atom. The quantitative estimate of drug-likeness (QED) is 0.577. The number of benzene rings is 3. The first-order chi connectivity index (χ1) is 14.8. The summed E-state index contributed by atoms with van der Waals surface area (Å²) in [5.41, 5.74) is 1.86. The predicted octanol–water partition coefficient (Wildman–Crippen LogP) is 3.66. The molecule has 8 heteroatoms. The lowest BCUT2D eigenvalue weighted by Gasteiger charge is -2.23. The van der Waals surface area contributed by atoms with Crippen molar-refractivity contribution < 1.29 is 23.1 Å². The van der Waals surface area contributed by atoms with Crippen LogP contribution in [0.3, 0.4) is 0 Å². The van der Waals surface area contributed by atoms with Crippen molar-refractivity contribution in [1.82, 2.24) is 4.31 Å². The molecule has 1 N–H and O–H groups in total. The number of carbonyl (C=O) groups is 1. The summed E-state index contributed by atoms with van der Waals surface area (Å²) >= 11 is 0. The Labute approximate surface area is 180 Å². The zero-order valence-electron chi connectivity index (χ0n) is 16.7. The highest BCUT2D eigenvalue weighted by Crippen LogP contribution is 2.23. The summed E-state index contributed by atoms with van der Waals surface area (Å²) in [5.74, 6) is -0.475.